The summed E-state index contributed by atoms with van der Waals surface area (Å²) in [7, 11) is 0. The Bertz CT molecular complexity index is 522. The molecule has 1 amide bonds. The molecule has 1 heterocycles. The molecule has 0 aromatic heterocycles. The van der Waals surface area contributed by atoms with Crippen molar-refractivity contribution < 1.29 is 9.53 Å². The van der Waals surface area contributed by atoms with Gasteiger partial charge in [-0.1, -0.05) is 6.07 Å². The minimum Gasteiger partial charge on any atom is -0.494 e. The highest BCUT2D eigenvalue weighted by atomic mass is 35.5. The van der Waals surface area contributed by atoms with Gasteiger partial charge in [0.1, 0.15) is 5.75 Å². The lowest BCUT2D eigenvalue weighted by Crippen LogP contribution is -2.57. The first-order valence-electron chi connectivity index (χ1n) is 8.22. The Labute approximate surface area is 146 Å². The summed E-state index contributed by atoms with van der Waals surface area (Å²) in [5, 5.41) is 3.40. The number of carbonyl (C=O) groups is 1. The average Bonchev–Trinajstić information content (AvgIpc) is 2.49. The molecule has 0 radical (unpaired) electrons. The van der Waals surface area contributed by atoms with Crippen LogP contribution in [0, 0.1) is 13.8 Å². The van der Waals surface area contributed by atoms with E-state index in [0.29, 0.717) is 19.1 Å². The molecule has 0 saturated carbocycles. The number of ether oxygens (including phenoxy) is 1. The number of piperazine rings is 1. The summed E-state index contributed by atoms with van der Waals surface area (Å²) >= 11 is 0. The number of carbonyl (C=O) groups excluding carboxylic acids is 1. The molecular weight excluding hydrogens is 312 g/mol. The lowest BCUT2D eigenvalue weighted by Gasteiger charge is -2.38. The third kappa shape index (κ3) is 5.40. The molecule has 4 nitrogen and oxygen atoms in total. The van der Waals surface area contributed by atoms with E-state index in [9.17, 15) is 4.79 Å². The molecule has 1 aliphatic heterocycles. The monoisotopic (exact) mass is 340 g/mol. The fraction of sp³-hybridized carbons (Fsp3) is 0.611. The fourth-order valence-electron chi connectivity index (χ4n) is 2.77. The van der Waals surface area contributed by atoms with Crippen LogP contribution in [-0.2, 0) is 4.79 Å². The number of hydrogen-bond donors (Lipinski definition) is 1. The van der Waals surface area contributed by atoms with Gasteiger partial charge in [-0.05, 0) is 57.4 Å². The number of halogens is 1. The van der Waals surface area contributed by atoms with Gasteiger partial charge in [0.15, 0.2) is 0 Å². The lowest BCUT2D eigenvalue weighted by atomic mass is 10.1. The Balaban J connectivity index is 0.00000264. The Morgan fingerprint density at radius 2 is 2.04 bits per heavy atom. The SMILES string of the molecule is Cc1ccc(OCCCC(=O)N2CCNC(C)C2C)cc1C.Cl. The van der Waals surface area contributed by atoms with Crippen molar-refractivity contribution in [2.75, 3.05) is 19.7 Å². The maximum atomic E-state index is 12.3. The molecule has 0 spiro atoms. The molecule has 23 heavy (non-hydrogen) atoms. The predicted molar refractivity (Wildman–Crippen MR) is 96.5 cm³/mol. The van der Waals surface area contributed by atoms with Crippen LogP contribution in [0.3, 0.4) is 0 Å². The number of nitrogens with zero attached hydrogens (tertiary/aromatic N) is 1. The summed E-state index contributed by atoms with van der Waals surface area (Å²) < 4.78 is 5.74. The molecule has 130 valence electrons. The van der Waals surface area contributed by atoms with Crippen molar-refractivity contribution in [2.45, 2.75) is 52.6 Å². The summed E-state index contributed by atoms with van der Waals surface area (Å²) in [5.41, 5.74) is 2.50. The molecule has 1 fully saturated rings. The fourth-order valence-corrected chi connectivity index (χ4v) is 2.77. The van der Waals surface area contributed by atoms with Gasteiger partial charge >= 0.3 is 0 Å². The molecule has 0 bridgehead atoms. The Morgan fingerprint density at radius 1 is 1.30 bits per heavy atom. The highest BCUT2D eigenvalue weighted by molar-refractivity contribution is 5.85. The van der Waals surface area contributed by atoms with Gasteiger partial charge in [0.25, 0.3) is 0 Å². The largest absolute Gasteiger partial charge is 0.494 e. The van der Waals surface area contributed by atoms with E-state index in [4.69, 9.17) is 4.74 Å². The minimum atomic E-state index is 0. The molecule has 2 unspecified atom stereocenters. The van der Waals surface area contributed by atoms with E-state index in [1.165, 1.54) is 11.1 Å². The lowest BCUT2D eigenvalue weighted by molar-refractivity contribution is -0.135. The molecule has 1 aromatic carbocycles. The van der Waals surface area contributed by atoms with E-state index in [1.807, 2.05) is 11.0 Å². The number of amides is 1. The summed E-state index contributed by atoms with van der Waals surface area (Å²) in [6, 6.07) is 6.74. The number of benzene rings is 1. The van der Waals surface area contributed by atoms with E-state index < -0.39 is 0 Å². The molecule has 1 N–H and O–H groups in total. The van der Waals surface area contributed by atoms with Crippen molar-refractivity contribution in [1.29, 1.82) is 0 Å². The van der Waals surface area contributed by atoms with Gasteiger partial charge in [0.2, 0.25) is 5.91 Å². The zero-order valence-electron chi connectivity index (χ0n) is 14.6. The van der Waals surface area contributed by atoms with Crippen molar-refractivity contribution in [3.05, 3.63) is 29.3 Å². The smallest absolute Gasteiger partial charge is 0.223 e. The van der Waals surface area contributed by atoms with Crippen LogP contribution in [-0.4, -0.2) is 42.6 Å². The van der Waals surface area contributed by atoms with Crippen LogP contribution < -0.4 is 10.1 Å². The van der Waals surface area contributed by atoms with Crippen LogP contribution in [0.1, 0.15) is 37.8 Å². The van der Waals surface area contributed by atoms with Crippen LogP contribution in [0.25, 0.3) is 0 Å². The first-order valence-corrected chi connectivity index (χ1v) is 8.22. The highest BCUT2D eigenvalue weighted by Crippen LogP contribution is 2.17. The normalized spacial score (nSPS) is 20.8. The summed E-state index contributed by atoms with van der Waals surface area (Å²) in [5.74, 6) is 1.13. The van der Waals surface area contributed by atoms with Crippen LogP contribution in [0.2, 0.25) is 0 Å². The van der Waals surface area contributed by atoms with Crippen molar-refractivity contribution in [3.8, 4) is 5.75 Å². The molecular formula is C18H29ClN2O2. The number of rotatable bonds is 5. The van der Waals surface area contributed by atoms with E-state index in [0.717, 1.165) is 25.3 Å². The van der Waals surface area contributed by atoms with Gasteiger partial charge in [0.05, 0.1) is 6.61 Å². The predicted octanol–water partition coefficient (Wildman–Crippen LogP) is 3.09. The number of aryl methyl sites for hydroxylation is 2. The second-order valence-electron chi connectivity index (χ2n) is 6.27. The van der Waals surface area contributed by atoms with Crippen LogP contribution in [0.15, 0.2) is 18.2 Å². The zero-order valence-corrected chi connectivity index (χ0v) is 15.4. The van der Waals surface area contributed by atoms with Gasteiger partial charge < -0.3 is 15.0 Å². The maximum Gasteiger partial charge on any atom is 0.223 e. The highest BCUT2D eigenvalue weighted by Gasteiger charge is 2.27. The van der Waals surface area contributed by atoms with E-state index in [2.05, 4.69) is 45.1 Å². The molecule has 0 aliphatic carbocycles. The van der Waals surface area contributed by atoms with Crippen LogP contribution in [0.4, 0.5) is 0 Å². The maximum absolute atomic E-state index is 12.3. The topological polar surface area (TPSA) is 41.6 Å². The zero-order chi connectivity index (χ0) is 16.1. The standard InChI is InChI=1S/C18H28N2O2.ClH/c1-13-7-8-17(12-14(13)2)22-11-5-6-18(21)20-10-9-19-15(3)16(20)4;/h7-8,12,15-16,19H,5-6,9-11H2,1-4H3;1H. The van der Waals surface area contributed by atoms with Gasteiger partial charge in [-0.2, -0.15) is 0 Å². The molecule has 1 aliphatic rings. The number of nitrogens with one attached hydrogen (secondary N) is 1. The Hall–Kier alpha value is -1.26. The van der Waals surface area contributed by atoms with Crippen molar-refractivity contribution >= 4 is 18.3 Å². The van der Waals surface area contributed by atoms with Gasteiger partial charge in [-0.3, -0.25) is 4.79 Å². The summed E-state index contributed by atoms with van der Waals surface area (Å²) in [6.07, 6.45) is 1.32. The van der Waals surface area contributed by atoms with Crippen molar-refractivity contribution in [2.24, 2.45) is 0 Å². The average molecular weight is 341 g/mol. The van der Waals surface area contributed by atoms with Gasteiger partial charge in [-0.15, -0.1) is 12.4 Å². The molecule has 1 aromatic rings. The van der Waals surface area contributed by atoms with Crippen molar-refractivity contribution in [3.63, 3.8) is 0 Å². The van der Waals surface area contributed by atoms with Crippen LogP contribution in [0.5, 0.6) is 5.75 Å². The summed E-state index contributed by atoms with van der Waals surface area (Å²) in [6.45, 7) is 10.7. The Morgan fingerprint density at radius 3 is 2.74 bits per heavy atom. The van der Waals surface area contributed by atoms with E-state index in [1.54, 1.807) is 0 Å². The van der Waals surface area contributed by atoms with Gasteiger partial charge in [0, 0.05) is 31.6 Å². The molecule has 2 rings (SSSR count). The third-order valence-electron chi connectivity index (χ3n) is 4.64. The van der Waals surface area contributed by atoms with Crippen molar-refractivity contribution in [1.82, 2.24) is 10.2 Å². The van der Waals surface area contributed by atoms with E-state index >= 15 is 0 Å². The first-order chi connectivity index (χ1) is 10.5. The van der Waals surface area contributed by atoms with Gasteiger partial charge in [-0.25, -0.2) is 0 Å². The second kappa shape index (κ2) is 9.14. The van der Waals surface area contributed by atoms with Crippen LogP contribution >= 0.6 is 12.4 Å². The van der Waals surface area contributed by atoms with E-state index in [-0.39, 0.29) is 24.4 Å². The first kappa shape index (κ1) is 19.8. The minimum absolute atomic E-state index is 0. The third-order valence-corrected chi connectivity index (χ3v) is 4.64. The molecule has 2 atom stereocenters. The summed E-state index contributed by atoms with van der Waals surface area (Å²) in [4.78, 5) is 14.3. The number of hydrogen-bond acceptors (Lipinski definition) is 3. The molecule has 5 heteroatoms. The Kier molecular flexibility index (Phi) is 7.86. The second-order valence-corrected chi connectivity index (χ2v) is 6.27. The quantitative estimate of drug-likeness (QED) is 0.837. The molecule has 1 saturated heterocycles.